The van der Waals surface area contributed by atoms with Crippen LogP contribution in [0, 0.1) is 0 Å². The Morgan fingerprint density at radius 1 is 0.297 bits per heavy atom. The van der Waals surface area contributed by atoms with E-state index in [0.717, 1.165) is 100 Å². The minimum atomic E-state index is 0.857. The summed E-state index contributed by atoms with van der Waals surface area (Å²) in [4.78, 5) is 2.31. The molecule has 0 fully saturated rings. The van der Waals surface area contributed by atoms with Crippen LogP contribution < -0.4 is 4.90 Å². The number of para-hydroxylation sites is 4. The molecule has 0 aliphatic heterocycles. The minimum absolute atomic E-state index is 0.857. The number of fused-ring (bicyclic) bond motifs is 9. The number of hydrogen-bond acceptors (Lipinski definition) is 3. The molecule has 0 aliphatic rings. The van der Waals surface area contributed by atoms with E-state index in [1.807, 2.05) is 18.2 Å². The maximum Gasteiger partial charge on any atom is 0.143 e. The lowest BCUT2D eigenvalue weighted by molar-refractivity contribution is 0.669. The van der Waals surface area contributed by atoms with Crippen LogP contribution in [0.15, 0.2) is 239 Å². The molecule has 0 bridgehead atoms. The predicted octanol–water partition coefficient (Wildman–Crippen LogP) is 17.1. The Morgan fingerprint density at radius 2 is 0.859 bits per heavy atom. The molecule has 0 atom stereocenters. The van der Waals surface area contributed by atoms with Crippen LogP contribution >= 0.6 is 0 Å². The molecule has 0 saturated carbocycles. The van der Waals surface area contributed by atoms with Crippen LogP contribution in [0.4, 0.5) is 17.1 Å². The summed E-state index contributed by atoms with van der Waals surface area (Å²) in [6.45, 7) is 0. The smallest absolute Gasteiger partial charge is 0.143 e. The SMILES string of the molecule is c1ccc(-c2cccc3c2oc2ccc(-c4ccc(N(c5ccc(-c6ccc7c8ccccc8n(-c8ccccc8)c7c6)cc5)c5ccc6c(c5)oc5ccccc56)cc4)cc23)cc1. The molecule has 13 aromatic rings. The van der Waals surface area contributed by atoms with Crippen LogP contribution in [0.2, 0.25) is 0 Å². The first kappa shape index (κ1) is 36.1. The second-order valence-electron chi connectivity index (χ2n) is 16.5. The first-order valence-electron chi connectivity index (χ1n) is 21.7. The summed E-state index contributed by atoms with van der Waals surface area (Å²) in [5.41, 5.74) is 17.0. The molecular weight excluding hydrogens is 781 g/mol. The van der Waals surface area contributed by atoms with E-state index < -0.39 is 0 Å². The molecule has 300 valence electrons. The highest BCUT2D eigenvalue weighted by Gasteiger charge is 2.19. The van der Waals surface area contributed by atoms with Gasteiger partial charge in [0.2, 0.25) is 0 Å². The van der Waals surface area contributed by atoms with Gasteiger partial charge in [-0.05, 0) is 107 Å². The molecule has 0 amide bonds. The number of hydrogen-bond donors (Lipinski definition) is 0. The molecule has 0 radical (unpaired) electrons. The number of aromatic nitrogens is 1. The van der Waals surface area contributed by atoms with E-state index in [1.165, 1.54) is 21.8 Å². The molecule has 0 aliphatic carbocycles. The van der Waals surface area contributed by atoms with E-state index >= 15 is 0 Å². The van der Waals surface area contributed by atoms with Crippen molar-refractivity contribution in [3.8, 4) is 39.1 Å². The van der Waals surface area contributed by atoms with Crippen molar-refractivity contribution in [3.63, 3.8) is 0 Å². The largest absolute Gasteiger partial charge is 0.456 e. The van der Waals surface area contributed by atoms with Gasteiger partial charge in [0, 0.05) is 66.7 Å². The van der Waals surface area contributed by atoms with Gasteiger partial charge in [-0.25, -0.2) is 0 Å². The van der Waals surface area contributed by atoms with Gasteiger partial charge < -0.3 is 18.3 Å². The first-order valence-corrected chi connectivity index (χ1v) is 21.7. The molecule has 13 rings (SSSR count). The number of furan rings is 2. The number of anilines is 3. The van der Waals surface area contributed by atoms with Crippen LogP contribution in [0.25, 0.3) is 105 Å². The van der Waals surface area contributed by atoms with Gasteiger partial charge in [-0.15, -0.1) is 0 Å². The van der Waals surface area contributed by atoms with Crippen LogP contribution in [-0.2, 0) is 0 Å². The van der Waals surface area contributed by atoms with E-state index in [9.17, 15) is 0 Å². The van der Waals surface area contributed by atoms with Crippen LogP contribution in [-0.4, -0.2) is 4.57 Å². The van der Waals surface area contributed by atoms with E-state index in [0.29, 0.717) is 0 Å². The molecule has 64 heavy (non-hydrogen) atoms. The van der Waals surface area contributed by atoms with Gasteiger partial charge in [0.1, 0.15) is 22.3 Å². The van der Waals surface area contributed by atoms with E-state index in [1.54, 1.807) is 0 Å². The molecule has 0 unspecified atom stereocenters. The second-order valence-corrected chi connectivity index (χ2v) is 16.5. The Morgan fingerprint density at radius 3 is 1.64 bits per heavy atom. The van der Waals surface area contributed by atoms with Gasteiger partial charge in [-0.2, -0.15) is 0 Å². The average molecular weight is 819 g/mol. The third-order valence-corrected chi connectivity index (χ3v) is 12.8. The van der Waals surface area contributed by atoms with Gasteiger partial charge in [-0.3, -0.25) is 0 Å². The van der Waals surface area contributed by atoms with Crippen molar-refractivity contribution in [3.05, 3.63) is 231 Å². The van der Waals surface area contributed by atoms with Crippen molar-refractivity contribution in [2.45, 2.75) is 0 Å². The van der Waals surface area contributed by atoms with Crippen molar-refractivity contribution >= 4 is 82.7 Å². The monoisotopic (exact) mass is 818 g/mol. The number of rotatable bonds is 7. The summed E-state index contributed by atoms with van der Waals surface area (Å²) in [7, 11) is 0. The molecule has 4 nitrogen and oxygen atoms in total. The Hall–Kier alpha value is -8.60. The molecule has 3 heterocycles. The van der Waals surface area contributed by atoms with Crippen molar-refractivity contribution in [1.29, 1.82) is 0 Å². The Labute approximate surface area is 369 Å². The minimum Gasteiger partial charge on any atom is -0.456 e. The maximum absolute atomic E-state index is 6.50. The molecule has 3 aromatic heterocycles. The Balaban J connectivity index is 0.894. The third-order valence-electron chi connectivity index (χ3n) is 12.8. The quantitative estimate of drug-likeness (QED) is 0.161. The summed E-state index contributed by atoms with van der Waals surface area (Å²) in [5.74, 6) is 0. The molecule has 0 spiro atoms. The van der Waals surface area contributed by atoms with Crippen LogP contribution in [0.1, 0.15) is 0 Å². The average Bonchev–Trinajstić information content (AvgIpc) is 4.04. The fourth-order valence-corrected chi connectivity index (χ4v) is 9.74. The Bertz CT molecular complexity index is 3880. The van der Waals surface area contributed by atoms with Gasteiger partial charge in [-0.1, -0.05) is 146 Å². The lowest BCUT2D eigenvalue weighted by Gasteiger charge is -2.26. The van der Waals surface area contributed by atoms with E-state index in [4.69, 9.17) is 8.83 Å². The zero-order chi connectivity index (χ0) is 42.1. The highest BCUT2D eigenvalue weighted by Crippen LogP contribution is 2.42. The summed E-state index contributed by atoms with van der Waals surface area (Å²) < 4.78 is 15.3. The fraction of sp³-hybridized carbons (Fsp3) is 0. The maximum atomic E-state index is 6.50. The Kier molecular flexibility index (Phi) is 8.18. The topological polar surface area (TPSA) is 34.5 Å². The molecule has 4 heteroatoms. The molecule has 0 N–H and O–H groups in total. The molecular formula is C60H38N2O2. The fourth-order valence-electron chi connectivity index (χ4n) is 9.74. The number of nitrogens with zero attached hydrogens (tertiary/aromatic N) is 2. The van der Waals surface area contributed by atoms with Crippen molar-refractivity contribution in [2.75, 3.05) is 4.90 Å². The van der Waals surface area contributed by atoms with E-state index in [2.05, 4.69) is 222 Å². The van der Waals surface area contributed by atoms with Crippen molar-refractivity contribution in [1.82, 2.24) is 4.57 Å². The second kappa shape index (κ2) is 14.5. The van der Waals surface area contributed by atoms with Crippen LogP contribution in [0.3, 0.4) is 0 Å². The number of benzene rings is 10. The zero-order valence-corrected chi connectivity index (χ0v) is 34.7. The van der Waals surface area contributed by atoms with Crippen molar-refractivity contribution in [2.24, 2.45) is 0 Å². The predicted molar refractivity (Wildman–Crippen MR) is 266 cm³/mol. The summed E-state index contributed by atoms with van der Waals surface area (Å²) in [6, 6.07) is 82.1. The van der Waals surface area contributed by atoms with E-state index in [-0.39, 0.29) is 0 Å². The zero-order valence-electron chi connectivity index (χ0n) is 34.7. The van der Waals surface area contributed by atoms with Gasteiger partial charge in [0.05, 0.1) is 11.0 Å². The molecule has 0 saturated heterocycles. The normalized spacial score (nSPS) is 11.8. The van der Waals surface area contributed by atoms with Crippen molar-refractivity contribution < 1.29 is 8.83 Å². The lowest BCUT2D eigenvalue weighted by atomic mass is 10.00. The van der Waals surface area contributed by atoms with Gasteiger partial charge in [0.15, 0.2) is 0 Å². The lowest BCUT2D eigenvalue weighted by Crippen LogP contribution is -2.09. The summed E-state index contributed by atoms with van der Waals surface area (Å²) in [6.07, 6.45) is 0. The van der Waals surface area contributed by atoms with Crippen LogP contribution in [0.5, 0.6) is 0 Å². The standard InChI is InChI=1S/C60H38N2O2/c1-3-12-41(13-4-1)48-18-11-19-53-54-36-42(27-35-58(54)64-60(48)53)39-22-28-45(29-23-39)61(47-32-34-52-51-17-8-10-21-57(51)63-59(52)38-47)46-30-24-40(25-31-46)43-26-33-50-49-16-7-9-20-55(49)62(56(50)37-43)44-14-5-2-6-15-44/h1-38H. The highest BCUT2D eigenvalue weighted by atomic mass is 16.3. The first-order chi connectivity index (χ1) is 31.7. The summed E-state index contributed by atoms with van der Waals surface area (Å²) in [5, 5.41) is 6.93. The third kappa shape index (κ3) is 5.84. The van der Waals surface area contributed by atoms with Gasteiger partial charge in [0.25, 0.3) is 0 Å². The highest BCUT2D eigenvalue weighted by molar-refractivity contribution is 6.12. The summed E-state index contributed by atoms with van der Waals surface area (Å²) >= 11 is 0. The molecule has 10 aromatic carbocycles. The van der Waals surface area contributed by atoms with Gasteiger partial charge >= 0.3 is 0 Å².